The number of carbonyl (C=O) groups is 1. The van der Waals surface area contributed by atoms with E-state index in [4.69, 9.17) is 11.6 Å². The van der Waals surface area contributed by atoms with Crippen LogP contribution in [0.4, 0.5) is 11.6 Å². The highest BCUT2D eigenvalue weighted by atomic mass is 35.5. The van der Waals surface area contributed by atoms with Crippen LogP contribution in [0.1, 0.15) is 21.7 Å². The molecule has 1 aromatic heterocycles. The minimum atomic E-state index is -0.176. The summed E-state index contributed by atoms with van der Waals surface area (Å²) in [5.41, 5.74) is 3.04. The average Bonchev–Trinajstić information content (AvgIpc) is 2.67. The van der Waals surface area contributed by atoms with Crippen molar-refractivity contribution in [2.24, 2.45) is 0 Å². The summed E-state index contributed by atoms with van der Waals surface area (Å²) in [5, 5.41) is 3.91. The summed E-state index contributed by atoms with van der Waals surface area (Å²) in [6.45, 7) is 2.50. The molecule has 0 aliphatic rings. The van der Waals surface area contributed by atoms with Gasteiger partial charge in [-0.05, 0) is 49.2 Å². The fourth-order valence-electron chi connectivity index (χ4n) is 2.71. The minimum Gasteiger partial charge on any atom is -0.354 e. The van der Waals surface area contributed by atoms with Gasteiger partial charge in [0.15, 0.2) is 0 Å². The molecule has 5 nitrogen and oxygen atoms in total. The number of para-hydroxylation sites is 1. The van der Waals surface area contributed by atoms with E-state index in [9.17, 15) is 4.79 Å². The molecule has 0 radical (unpaired) electrons. The zero-order chi connectivity index (χ0) is 19.2. The highest BCUT2D eigenvalue weighted by Crippen LogP contribution is 2.15. The maximum Gasteiger partial charge on any atom is 0.276 e. The van der Waals surface area contributed by atoms with Crippen molar-refractivity contribution < 1.29 is 4.79 Å². The van der Waals surface area contributed by atoms with Crippen molar-refractivity contribution >= 4 is 29.1 Å². The number of anilines is 2. The van der Waals surface area contributed by atoms with Gasteiger partial charge in [0.2, 0.25) is 5.95 Å². The Morgan fingerprint density at radius 1 is 1.07 bits per heavy atom. The van der Waals surface area contributed by atoms with Crippen LogP contribution in [0.25, 0.3) is 0 Å². The topological polar surface area (TPSA) is 58.1 Å². The zero-order valence-corrected chi connectivity index (χ0v) is 16.1. The van der Waals surface area contributed by atoms with Gasteiger partial charge in [-0.2, -0.15) is 0 Å². The molecule has 1 heterocycles. The number of hydrogen-bond acceptors (Lipinski definition) is 4. The maximum atomic E-state index is 12.8. The SMILES string of the molecule is Cc1cc(C(=O)N(C)c2ccccc2)nc(NCCc2cccc(Cl)c2)n1. The van der Waals surface area contributed by atoms with Crippen molar-refractivity contribution in [3.63, 3.8) is 0 Å². The van der Waals surface area contributed by atoms with Gasteiger partial charge in [0.05, 0.1) is 0 Å². The molecule has 27 heavy (non-hydrogen) atoms. The third-order valence-electron chi connectivity index (χ3n) is 4.11. The first-order valence-electron chi connectivity index (χ1n) is 8.70. The van der Waals surface area contributed by atoms with Crippen molar-refractivity contribution in [1.29, 1.82) is 0 Å². The second-order valence-electron chi connectivity index (χ2n) is 6.22. The van der Waals surface area contributed by atoms with Crippen molar-refractivity contribution in [3.8, 4) is 0 Å². The molecule has 0 bridgehead atoms. The van der Waals surface area contributed by atoms with Gasteiger partial charge >= 0.3 is 0 Å². The third kappa shape index (κ3) is 5.05. The Morgan fingerprint density at radius 3 is 2.59 bits per heavy atom. The van der Waals surface area contributed by atoms with E-state index in [2.05, 4.69) is 15.3 Å². The van der Waals surface area contributed by atoms with E-state index >= 15 is 0 Å². The predicted molar refractivity (Wildman–Crippen MR) is 110 cm³/mol. The Morgan fingerprint density at radius 2 is 1.85 bits per heavy atom. The van der Waals surface area contributed by atoms with E-state index in [-0.39, 0.29) is 5.91 Å². The lowest BCUT2D eigenvalue weighted by atomic mass is 10.1. The van der Waals surface area contributed by atoms with Gasteiger partial charge in [-0.25, -0.2) is 9.97 Å². The van der Waals surface area contributed by atoms with Gasteiger partial charge in [-0.15, -0.1) is 0 Å². The number of halogens is 1. The standard InChI is InChI=1S/C21H21ClN4O/c1-15-13-19(20(27)26(2)18-9-4-3-5-10-18)25-21(24-15)23-12-11-16-7-6-8-17(22)14-16/h3-10,13-14H,11-12H2,1-2H3,(H,23,24,25). The summed E-state index contributed by atoms with van der Waals surface area (Å²) >= 11 is 6.01. The first kappa shape index (κ1) is 18.9. The van der Waals surface area contributed by atoms with Gasteiger partial charge in [0, 0.05) is 30.0 Å². The Bertz CT molecular complexity index is 930. The van der Waals surface area contributed by atoms with E-state index in [1.54, 1.807) is 18.0 Å². The monoisotopic (exact) mass is 380 g/mol. The van der Waals surface area contributed by atoms with Crippen molar-refractivity contribution in [1.82, 2.24) is 9.97 Å². The van der Waals surface area contributed by atoms with E-state index < -0.39 is 0 Å². The number of nitrogens with zero attached hydrogens (tertiary/aromatic N) is 3. The second kappa shape index (κ2) is 8.64. The molecule has 3 rings (SSSR count). The second-order valence-corrected chi connectivity index (χ2v) is 6.66. The maximum absolute atomic E-state index is 12.8. The summed E-state index contributed by atoms with van der Waals surface area (Å²) in [6, 6.07) is 18.9. The number of carbonyl (C=O) groups excluding carboxylic acids is 1. The van der Waals surface area contributed by atoms with Crippen LogP contribution in [0.2, 0.25) is 5.02 Å². The van der Waals surface area contributed by atoms with Gasteiger partial charge < -0.3 is 10.2 Å². The molecular weight excluding hydrogens is 360 g/mol. The molecule has 0 spiro atoms. The lowest BCUT2D eigenvalue weighted by Gasteiger charge is -2.17. The number of aromatic nitrogens is 2. The number of benzene rings is 2. The molecule has 0 saturated carbocycles. The molecule has 138 valence electrons. The Labute approximate surface area is 164 Å². The quantitative estimate of drug-likeness (QED) is 0.689. The van der Waals surface area contributed by atoms with E-state index in [0.29, 0.717) is 18.2 Å². The van der Waals surface area contributed by atoms with Crippen LogP contribution in [-0.4, -0.2) is 29.5 Å². The average molecular weight is 381 g/mol. The number of hydrogen-bond donors (Lipinski definition) is 1. The molecule has 1 amide bonds. The van der Waals surface area contributed by atoms with Crippen molar-refractivity contribution in [2.45, 2.75) is 13.3 Å². The summed E-state index contributed by atoms with van der Waals surface area (Å²) in [5.74, 6) is 0.270. The van der Waals surface area contributed by atoms with Crippen LogP contribution in [0, 0.1) is 6.92 Å². The highest BCUT2D eigenvalue weighted by molar-refractivity contribution is 6.30. The molecule has 6 heteroatoms. The molecule has 0 aliphatic carbocycles. The van der Waals surface area contributed by atoms with E-state index in [1.807, 2.05) is 61.5 Å². The molecule has 1 N–H and O–H groups in total. The molecule has 0 atom stereocenters. The third-order valence-corrected chi connectivity index (χ3v) is 4.34. The van der Waals surface area contributed by atoms with Crippen LogP contribution < -0.4 is 10.2 Å². The van der Waals surface area contributed by atoms with E-state index in [1.165, 1.54) is 0 Å². The summed E-state index contributed by atoms with van der Waals surface area (Å²) in [4.78, 5) is 23.1. The van der Waals surface area contributed by atoms with Gasteiger partial charge in [-0.3, -0.25) is 4.79 Å². The molecule has 0 fully saturated rings. The fourth-order valence-corrected chi connectivity index (χ4v) is 2.92. The predicted octanol–water partition coefficient (Wildman–Crippen LogP) is 4.37. The number of aryl methyl sites for hydroxylation is 1. The lowest BCUT2D eigenvalue weighted by molar-refractivity contribution is 0.0988. The Hall–Kier alpha value is -2.92. The number of amides is 1. The Kier molecular flexibility index (Phi) is 6.04. The normalized spacial score (nSPS) is 10.5. The van der Waals surface area contributed by atoms with Crippen molar-refractivity contribution in [2.75, 3.05) is 23.8 Å². The number of rotatable bonds is 6. The summed E-state index contributed by atoms with van der Waals surface area (Å²) < 4.78 is 0. The smallest absolute Gasteiger partial charge is 0.276 e. The molecule has 2 aromatic carbocycles. The summed E-state index contributed by atoms with van der Waals surface area (Å²) in [6.07, 6.45) is 0.783. The van der Waals surface area contributed by atoms with Gasteiger partial charge in [-0.1, -0.05) is 41.9 Å². The first-order chi connectivity index (χ1) is 13.0. The number of nitrogens with one attached hydrogen (secondary N) is 1. The van der Waals surface area contributed by atoms with Crippen molar-refractivity contribution in [3.05, 3.63) is 82.6 Å². The van der Waals surface area contributed by atoms with E-state index in [0.717, 1.165) is 28.4 Å². The molecule has 0 unspecified atom stereocenters. The van der Waals surface area contributed by atoms with Crippen LogP contribution >= 0.6 is 11.6 Å². The van der Waals surface area contributed by atoms with Crippen LogP contribution in [-0.2, 0) is 6.42 Å². The van der Waals surface area contributed by atoms with Crippen LogP contribution in [0.5, 0.6) is 0 Å². The van der Waals surface area contributed by atoms with Gasteiger partial charge in [0.1, 0.15) is 5.69 Å². The highest BCUT2D eigenvalue weighted by Gasteiger charge is 2.16. The first-order valence-corrected chi connectivity index (χ1v) is 9.08. The molecular formula is C21H21ClN4O. The largest absolute Gasteiger partial charge is 0.354 e. The summed E-state index contributed by atoms with van der Waals surface area (Å²) in [7, 11) is 1.74. The Balaban J connectivity index is 1.69. The van der Waals surface area contributed by atoms with Crippen LogP contribution in [0.15, 0.2) is 60.7 Å². The fraction of sp³-hybridized carbons (Fsp3) is 0.190. The molecule has 3 aromatic rings. The lowest BCUT2D eigenvalue weighted by Crippen LogP contribution is -2.27. The van der Waals surface area contributed by atoms with Crippen LogP contribution in [0.3, 0.4) is 0 Å². The van der Waals surface area contributed by atoms with Gasteiger partial charge in [0.25, 0.3) is 5.91 Å². The minimum absolute atomic E-state index is 0.176. The zero-order valence-electron chi connectivity index (χ0n) is 15.3. The molecule has 0 saturated heterocycles. The molecule has 0 aliphatic heterocycles.